The molecule has 18 heteroatoms. The molecule has 11 nitrogen and oxygen atoms in total. The first-order chi connectivity index (χ1) is 19.4. The van der Waals surface area contributed by atoms with Crippen molar-refractivity contribution in [2.75, 3.05) is 45.2 Å². The van der Waals surface area contributed by atoms with E-state index < -0.39 is 68.7 Å². The van der Waals surface area contributed by atoms with Gasteiger partial charge in [0.05, 0.1) is 25.4 Å². The van der Waals surface area contributed by atoms with E-state index in [1.807, 2.05) is 0 Å². The van der Waals surface area contributed by atoms with Crippen molar-refractivity contribution >= 4 is 33.6 Å². The summed E-state index contributed by atoms with van der Waals surface area (Å²) in [7, 11) is -7.42. The first-order valence-electron chi connectivity index (χ1n) is 12.3. The fourth-order valence-electron chi connectivity index (χ4n) is 4.70. The van der Waals surface area contributed by atoms with Gasteiger partial charge in [0, 0.05) is 51.7 Å². The predicted molar refractivity (Wildman–Crippen MR) is 136 cm³/mol. The third-order valence-corrected chi connectivity index (χ3v) is 8.17. The van der Waals surface area contributed by atoms with E-state index in [9.17, 15) is 39.1 Å². The zero-order chi connectivity index (χ0) is 31.2. The smallest absolute Gasteiger partial charge is 0.312 e. The summed E-state index contributed by atoms with van der Waals surface area (Å²) < 4.78 is 90.3. The topological polar surface area (TPSA) is 123 Å². The highest BCUT2D eigenvalue weighted by atomic mass is 32.5. The maximum atomic E-state index is 17.7. The second kappa shape index (κ2) is 10.0. The number of nitrogens with zero attached hydrogens (tertiary/aromatic N) is 7. The van der Waals surface area contributed by atoms with Gasteiger partial charge in [-0.05, 0) is 24.3 Å². The summed E-state index contributed by atoms with van der Waals surface area (Å²) in [6.07, 6.45) is 3.81. The number of ether oxygens (including phenoxy) is 1. The van der Waals surface area contributed by atoms with Crippen LogP contribution in [0.5, 0.6) is 0 Å². The fraction of sp³-hybridized carbons (Fsp3) is 0.417. The highest BCUT2D eigenvalue weighted by molar-refractivity contribution is 8.45. The Balaban J connectivity index is 1.92. The maximum Gasteiger partial charge on any atom is 0.312 e. The lowest BCUT2D eigenvalue weighted by atomic mass is 10.0. The number of methoxy groups -OCH3 is 1. The van der Waals surface area contributed by atoms with Gasteiger partial charge in [-0.1, -0.05) is 19.4 Å². The monoisotopic (exact) mass is 621 g/mol. The van der Waals surface area contributed by atoms with E-state index in [-0.39, 0.29) is 43.1 Å². The largest absolute Gasteiger partial charge is 0.379 e. The molecule has 3 heterocycles. The Morgan fingerprint density at radius 1 is 1.14 bits per heavy atom. The molecule has 2 aliphatic heterocycles. The molecule has 2 fully saturated rings. The number of piperazine rings is 1. The minimum Gasteiger partial charge on any atom is -0.379 e. The van der Waals surface area contributed by atoms with Crippen LogP contribution in [0.25, 0.3) is 0 Å². The molecule has 3 amide bonds. The SMILES string of the molecule is COC1CC(C(=O)N(c2ccc(S(F)(F)(F)(F)F)cc2)C(F)(C(=O)N2CCN(C)C(=O)C2)c2cnccn2)N(C#N)C1. The van der Waals surface area contributed by atoms with E-state index >= 15 is 4.39 Å². The van der Waals surface area contributed by atoms with Crippen LogP contribution in [0.1, 0.15) is 12.1 Å². The van der Waals surface area contributed by atoms with Gasteiger partial charge in [0.25, 0.3) is 11.8 Å². The van der Waals surface area contributed by atoms with Crippen molar-refractivity contribution in [2.45, 2.75) is 29.3 Å². The minimum absolute atomic E-state index is 0.00593. The van der Waals surface area contributed by atoms with Crippen LogP contribution in [-0.2, 0) is 24.9 Å². The van der Waals surface area contributed by atoms with Crippen LogP contribution in [0.15, 0.2) is 47.8 Å². The van der Waals surface area contributed by atoms with E-state index in [0.717, 1.165) is 28.4 Å². The molecule has 2 saturated heterocycles. The molecule has 3 unspecified atom stereocenters. The summed E-state index contributed by atoms with van der Waals surface area (Å²) in [4.78, 5) is 48.8. The average molecular weight is 622 g/mol. The summed E-state index contributed by atoms with van der Waals surface area (Å²) in [5, 5.41) is 9.63. The lowest BCUT2D eigenvalue weighted by Gasteiger charge is -2.42. The lowest BCUT2D eigenvalue weighted by Crippen LogP contribution is -2.63. The van der Waals surface area contributed by atoms with Crippen molar-refractivity contribution in [2.24, 2.45) is 0 Å². The summed E-state index contributed by atoms with van der Waals surface area (Å²) in [5.74, 6) is -6.98. The van der Waals surface area contributed by atoms with E-state index in [1.54, 1.807) is 6.19 Å². The van der Waals surface area contributed by atoms with Crippen molar-refractivity contribution in [1.29, 1.82) is 5.26 Å². The van der Waals surface area contributed by atoms with Gasteiger partial charge < -0.3 is 14.5 Å². The third-order valence-electron chi connectivity index (χ3n) is 7.01. The number of halogens is 6. The van der Waals surface area contributed by atoms with Gasteiger partial charge in [-0.3, -0.25) is 34.2 Å². The normalized spacial score (nSPS) is 22.5. The van der Waals surface area contributed by atoms with Gasteiger partial charge in [0.2, 0.25) is 5.91 Å². The molecule has 4 rings (SSSR count). The van der Waals surface area contributed by atoms with Gasteiger partial charge in [0.15, 0.2) is 6.19 Å². The molecule has 0 N–H and O–H groups in total. The van der Waals surface area contributed by atoms with Crippen molar-refractivity contribution in [1.82, 2.24) is 24.7 Å². The number of alkyl halides is 1. The van der Waals surface area contributed by atoms with Crippen LogP contribution in [0.2, 0.25) is 0 Å². The standard InChI is InChI=1S/C24H25F6N7O4S/c1-34-9-10-35(14-21(34)38)23(40)24(25,20-12-32-7-8-33-20)37(22(39)19-11-17(41-2)13-36(19)15-31)16-3-5-18(6-4-16)42(26,27,28,29)30/h3-8,12,17,19H,9-11,13-14H2,1-2H3. The lowest BCUT2D eigenvalue weighted by molar-refractivity contribution is -0.154. The van der Waals surface area contributed by atoms with E-state index in [0.29, 0.717) is 12.1 Å². The molecule has 3 atom stereocenters. The number of hydrogen-bond donors (Lipinski definition) is 0. The molecule has 2 aliphatic rings. The Kier molecular flexibility index (Phi) is 7.35. The van der Waals surface area contributed by atoms with Crippen LogP contribution in [0, 0.1) is 11.5 Å². The molecule has 0 spiro atoms. The number of likely N-dealkylation sites (N-methyl/N-ethyl adjacent to an activating group) is 1. The predicted octanol–water partition coefficient (Wildman–Crippen LogP) is 3.16. The van der Waals surface area contributed by atoms with Gasteiger partial charge in [-0.15, -0.1) is 0 Å². The number of likely N-dealkylation sites (tertiary alicyclic amines) is 1. The molecule has 0 radical (unpaired) electrons. The Morgan fingerprint density at radius 3 is 2.33 bits per heavy atom. The summed E-state index contributed by atoms with van der Waals surface area (Å²) >= 11 is 0. The van der Waals surface area contributed by atoms with Gasteiger partial charge in [-0.25, -0.2) is 4.39 Å². The number of carbonyl (C=O) groups excluding carboxylic acids is 3. The fourth-order valence-corrected chi connectivity index (χ4v) is 5.35. The number of aromatic nitrogens is 2. The molecular formula is C24H25F6N7O4S. The molecule has 1 aromatic heterocycles. The zero-order valence-corrected chi connectivity index (χ0v) is 23.0. The van der Waals surface area contributed by atoms with E-state index in [2.05, 4.69) is 9.97 Å². The van der Waals surface area contributed by atoms with Crippen molar-refractivity contribution < 1.29 is 42.9 Å². The Labute approximate surface area is 236 Å². The van der Waals surface area contributed by atoms with E-state index in [1.165, 1.54) is 19.1 Å². The Bertz CT molecular complexity index is 1430. The first kappa shape index (κ1) is 30.8. The molecular weight excluding hydrogens is 596 g/mol. The number of benzene rings is 1. The zero-order valence-electron chi connectivity index (χ0n) is 22.2. The highest BCUT2D eigenvalue weighted by Gasteiger charge is 2.65. The van der Waals surface area contributed by atoms with Crippen LogP contribution < -0.4 is 4.90 Å². The number of anilines is 1. The van der Waals surface area contributed by atoms with Crippen LogP contribution >= 0.6 is 10.2 Å². The minimum atomic E-state index is -10.2. The quantitative estimate of drug-likeness (QED) is 0.263. The van der Waals surface area contributed by atoms with E-state index in [4.69, 9.17) is 4.74 Å². The molecule has 228 valence electrons. The summed E-state index contributed by atoms with van der Waals surface area (Å²) in [5.41, 5.74) is -1.51. The number of rotatable bonds is 7. The van der Waals surface area contributed by atoms with Gasteiger partial charge in [-0.2, -0.15) is 5.26 Å². The van der Waals surface area contributed by atoms with Gasteiger partial charge in [0.1, 0.15) is 16.6 Å². The first-order valence-corrected chi connectivity index (χ1v) is 14.2. The number of amides is 3. The second-order valence-electron chi connectivity index (χ2n) is 9.75. The Hall–Kier alpha value is -4.11. The summed E-state index contributed by atoms with van der Waals surface area (Å²) in [6.45, 7) is -0.899. The third kappa shape index (κ3) is 5.79. The number of carbonyl (C=O) groups is 3. The number of nitriles is 1. The Morgan fingerprint density at radius 2 is 1.81 bits per heavy atom. The van der Waals surface area contributed by atoms with Crippen molar-refractivity contribution in [3.63, 3.8) is 0 Å². The molecule has 42 heavy (non-hydrogen) atoms. The molecule has 1 aromatic carbocycles. The highest BCUT2D eigenvalue weighted by Crippen LogP contribution is 3.02. The summed E-state index contributed by atoms with van der Waals surface area (Å²) in [6, 6.07) is -0.710. The maximum absolute atomic E-state index is 17.7. The number of hydrogen-bond acceptors (Lipinski definition) is 8. The molecule has 0 saturated carbocycles. The second-order valence-corrected chi connectivity index (χ2v) is 12.2. The molecule has 2 aromatic rings. The van der Waals surface area contributed by atoms with Crippen molar-refractivity contribution in [3.05, 3.63) is 48.5 Å². The van der Waals surface area contributed by atoms with Crippen LogP contribution in [0.4, 0.5) is 29.5 Å². The van der Waals surface area contributed by atoms with Crippen LogP contribution in [0.3, 0.4) is 0 Å². The van der Waals surface area contributed by atoms with Gasteiger partial charge >= 0.3 is 16.0 Å². The molecule has 0 aliphatic carbocycles. The average Bonchev–Trinajstić information content (AvgIpc) is 3.37. The van der Waals surface area contributed by atoms with Crippen molar-refractivity contribution in [3.8, 4) is 6.19 Å². The molecule has 0 bridgehead atoms. The van der Waals surface area contributed by atoms with Crippen LogP contribution in [-0.4, -0.2) is 94.9 Å².